The zero-order valence-corrected chi connectivity index (χ0v) is 19.0. The minimum atomic E-state index is 0.331. The normalized spacial score (nSPS) is 20.7. The van der Waals surface area contributed by atoms with Gasteiger partial charge >= 0.3 is 0 Å². The van der Waals surface area contributed by atoms with Crippen LogP contribution in [0.15, 0.2) is 40.9 Å². The second-order valence-electron chi connectivity index (χ2n) is 9.27. The first-order valence-corrected chi connectivity index (χ1v) is 11.4. The minimum absolute atomic E-state index is 0.331. The highest BCUT2D eigenvalue weighted by atomic mass is 79.9. The van der Waals surface area contributed by atoms with Crippen LogP contribution in [0.3, 0.4) is 0 Å². The maximum atomic E-state index is 5.96. The van der Waals surface area contributed by atoms with Crippen molar-refractivity contribution in [3.8, 4) is 0 Å². The van der Waals surface area contributed by atoms with Gasteiger partial charge in [-0.15, -0.1) is 0 Å². The first-order chi connectivity index (χ1) is 13.4. The molecule has 1 heterocycles. The maximum absolute atomic E-state index is 5.96. The zero-order chi connectivity index (χ0) is 19.7. The van der Waals surface area contributed by atoms with Gasteiger partial charge in [0.1, 0.15) is 0 Å². The highest BCUT2D eigenvalue weighted by Crippen LogP contribution is 2.38. The Bertz CT molecular complexity index is 838. The summed E-state index contributed by atoms with van der Waals surface area (Å²) in [6, 6.07) is 13.9. The molecule has 0 amide bonds. The molecule has 1 saturated heterocycles. The molecule has 0 spiro atoms. The van der Waals surface area contributed by atoms with Gasteiger partial charge in [-0.1, -0.05) is 60.1 Å². The Kier molecular flexibility index (Phi) is 5.96. The van der Waals surface area contributed by atoms with Crippen LogP contribution < -0.4 is 0 Å². The van der Waals surface area contributed by atoms with Crippen LogP contribution in [0.25, 0.3) is 0 Å². The van der Waals surface area contributed by atoms with Crippen LogP contribution in [0.5, 0.6) is 0 Å². The summed E-state index contributed by atoms with van der Waals surface area (Å²) in [5.41, 5.74) is 7.50. The summed E-state index contributed by atoms with van der Waals surface area (Å²) in [4.78, 5) is 2.56. The van der Waals surface area contributed by atoms with E-state index in [-0.39, 0.29) is 0 Å². The molecule has 1 unspecified atom stereocenters. The molecule has 2 nitrogen and oxygen atoms in total. The van der Waals surface area contributed by atoms with Gasteiger partial charge in [-0.05, 0) is 71.9 Å². The van der Waals surface area contributed by atoms with Gasteiger partial charge in [0.25, 0.3) is 0 Å². The molecule has 2 aliphatic rings. The molecular weight excluding hydrogens is 410 g/mol. The van der Waals surface area contributed by atoms with Crippen molar-refractivity contribution in [3.63, 3.8) is 0 Å². The minimum Gasteiger partial charge on any atom is -0.377 e. The van der Waals surface area contributed by atoms with E-state index < -0.39 is 0 Å². The molecule has 3 heteroatoms. The predicted octanol–water partition coefficient (Wildman–Crippen LogP) is 6.16. The van der Waals surface area contributed by atoms with Crippen molar-refractivity contribution >= 4 is 15.9 Å². The topological polar surface area (TPSA) is 12.5 Å². The van der Waals surface area contributed by atoms with Crippen LogP contribution in [0.2, 0.25) is 0 Å². The molecule has 0 radical (unpaired) electrons. The predicted molar refractivity (Wildman–Crippen MR) is 120 cm³/mol. The Morgan fingerprint density at radius 3 is 2.75 bits per heavy atom. The monoisotopic (exact) mass is 441 g/mol. The van der Waals surface area contributed by atoms with Crippen molar-refractivity contribution < 1.29 is 4.74 Å². The average Bonchev–Trinajstić information content (AvgIpc) is 3.25. The van der Waals surface area contributed by atoms with Crippen molar-refractivity contribution in [2.24, 2.45) is 0 Å². The number of halogens is 1. The first kappa shape index (κ1) is 20.1. The summed E-state index contributed by atoms with van der Waals surface area (Å²) < 4.78 is 7.16. The number of hydrogen-bond donors (Lipinski definition) is 0. The molecule has 2 aromatic rings. The van der Waals surface area contributed by atoms with Gasteiger partial charge in [-0.2, -0.15) is 0 Å². The Morgan fingerprint density at radius 1 is 1.14 bits per heavy atom. The number of fused-ring (bicyclic) bond motifs is 1. The average molecular weight is 442 g/mol. The SMILES string of the molecule is Cc1ccc(CN(Cc2ccc3c(c2)CCC3(C)C)CC2CCCO2)c(Br)c1. The van der Waals surface area contributed by atoms with E-state index in [1.165, 1.54) is 46.8 Å². The van der Waals surface area contributed by atoms with E-state index in [1.807, 2.05) is 0 Å². The third-order valence-corrected chi connectivity index (χ3v) is 7.15. The van der Waals surface area contributed by atoms with E-state index in [0.29, 0.717) is 11.5 Å². The van der Waals surface area contributed by atoms with Crippen LogP contribution >= 0.6 is 15.9 Å². The highest BCUT2D eigenvalue weighted by Gasteiger charge is 2.29. The van der Waals surface area contributed by atoms with Gasteiger partial charge in [0.2, 0.25) is 0 Å². The summed E-state index contributed by atoms with van der Waals surface area (Å²) in [6.45, 7) is 10.7. The Labute approximate surface area is 178 Å². The van der Waals surface area contributed by atoms with E-state index in [4.69, 9.17) is 4.74 Å². The van der Waals surface area contributed by atoms with Gasteiger partial charge in [0.05, 0.1) is 6.10 Å². The summed E-state index contributed by atoms with van der Waals surface area (Å²) >= 11 is 3.77. The van der Waals surface area contributed by atoms with Crippen LogP contribution in [-0.4, -0.2) is 24.2 Å². The number of hydrogen-bond acceptors (Lipinski definition) is 2. The van der Waals surface area contributed by atoms with Crippen LogP contribution in [-0.2, 0) is 29.7 Å². The largest absolute Gasteiger partial charge is 0.377 e. The number of aryl methyl sites for hydroxylation is 2. The molecule has 1 atom stereocenters. The van der Waals surface area contributed by atoms with Gasteiger partial charge in [-0.25, -0.2) is 0 Å². The molecule has 1 aliphatic heterocycles. The Hall–Kier alpha value is -1.16. The molecule has 1 fully saturated rings. The molecule has 0 N–H and O–H groups in total. The number of rotatable bonds is 6. The molecule has 1 aliphatic carbocycles. The Balaban J connectivity index is 1.53. The van der Waals surface area contributed by atoms with Crippen molar-refractivity contribution in [1.29, 1.82) is 0 Å². The number of ether oxygens (including phenoxy) is 1. The zero-order valence-electron chi connectivity index (χ0n) is 17.4. The van der Waals surface area contributed by atoms with E-state index in [0.717, 1.165) is 26.2 Å². The molecular formula is C25H32BrNO. The lowest BCUT2D eigenvalue weighted by Crippen LogP contribution is -2.31. The molecule has 0 saturated carbocycles. The van der Waals surface area contributed by atoms with Crippen molar-refractivity contribution in [1.82, 2.24) is 4.90 Å². The van der Waals surface area contributed by atoms with Crippen molar-refractivity contribution in [3.05, 3.63) is 68.7 Å². The third kappa shape index (κ3) is 4.53. The van der Waals surface area contributed by atoms with Gasteiger partial charge in [0.15, 0.2) is 0 Å². The quantitative estimate of drug-likeness (QED) is 0.531. The van der Waals surface area contributed by atoms with Gasteiger partial charge in [0, 0.05) is 30.7 Å². The lowest BCUT2D eigenvalue weighted by Gasteiger charge is -2.26. The van der Waals surface area contributed by atoms with E-state index in [1.54, 1.807) is 11.1 Å². The maximum Gasteiger partial charge on any atom is 0.0703 e. The molecule has 0 aromatic heterocycles. The van der Waals surface area contributed by atoms with Gasteiger partial charge < -0.3 is 4.74 Å². The standard InChI is InChI=1S/C25H32BrNO/c1-18-6-8-21(24(26)13-18)16-27(17-22-5-4-12-28-22)15-19-7-9-23-20(14-19)10-11-25(23,2)3/h6-9,13-14,22H,4-5,10-12,15-17H2,1-3H3. The summed E-state index contributed by atoms with van der Waals surface area (Å²) in [5, 5.41) is 0. The van der Waals surface area contributed by atoms with E-state index >= 15 is 0 Å². The summed E-state index contributed by atoms with van der Waals surface area (Å²) in [5.74, 6) is 0. The number of benzene rings is 2. The molecule has 2 aromatic carbocycles. The fourth-order valence-corrected chi connectivity index (χ4v) is 5.35. The second kappa shape index (κ2) is 8.30. The molecule has 4 rings (SSSR count). The number of nitrogens with zero attached hydrogens (tertiary/aromatic N) is 1. The summed E-state index contributed by atoms with van der Waals surface area (Å²) in [7, 11) is 0. The lowest BCUT2D eigenvalue weighted by atomic mass is 9.86. The molecule has 150 valence electrons. The highest BCUT2D eigenvalue weighted by molar-refractivity contribution is 9.10. The van der Waals surface area contributed by atoms with E-state index in [9.17, 15) is 0 Å². The van der Waals surface area contributed by atoms with Crippen molar-refractivity contribution in [2.45, 2.75) is 71.1 Å². The van der Waals surface area contributed by atoms with Crippen LogP contribution in [0, 0.1) is 6.92 Å². The van der Waals surface area contributed by atoms with Crippen LogP contribution in [0.4, 0.5) is 0 Å². The van der Waals surface area contributed by atoms with E-state index in [2.05, 4.69) is 78.0 Å². The Morgan fingerprint density at radius 2 is 2.00 bits per heavy atom. The van der Waals surface area contributed by atoms with Crippen LogP contribution in [0.1, 0.15) is 60.9 Å². The third-order valence-electron chi connectivity index (χ3n) is 6.41. The first-order valence-electron chi connectivity index (χ1n) is 10.6. The smallest absolute Gasteiger partial charge is 0.0703 e. The fraction of sp³-hybridized carbons (Fsp3) is 0.520. The fourth-order valence-electron chi connectivity index (χ4n) is 4.74. The second-order valence-corrected chi connectivity index (χ2v) is 10.1. The molecule has 28 heavy (non-hydrogen) atoms. The van der Waals surface area contributed by atoms with Crippen molar-refractivity contribution in [2.75, 3.05) is 13.2 Å². The van der Waals surface area contributed by atoms with Gasteiger partial charge in [-0.3, -0.25) is 4.90 Å². The molecule has 0 bridgehead atoms. The summed E-state index contributed by atoms with van der Waals surface area (Å²) in [6.07, 6.45) is 5.23. The lowest BCUT2D eigenvalue weighted by molar-refractivity contribution is 0.0678.